The molecule has 1 rings (SSSR count). The van der Waals surface area contributed by atoms with E-state index in [9.17, 15) is 21.6 Å². The van der Waals surface area contributed by atoms with Crippen LogP contribution in [0.1, 0.15) is 5.56 Å². The standard InChI is InChI=1S/C7H6F3NO2S/c1-14(12,13)6-3-2-5(4-11-6)7(8,9)10/h2-4H,1H3. The van der Waals surface area contributed by atoms with Gasteiger partial charge in [0.2, 0.25) is 0 Å². The summed E-state index contributed by atoms with van der Waals surface area (Å²) in [4.78, 5) is 3.21. The van der Waals surface area contributed by atoms with E-state index in [0.717, 1.165) is 12.3 Å². The summed E-state index contributed by atoms with van der Waals surface area (Å²) in [5.74, 6) is 0. The van der Waals surface area contributed by atoms with Gasteiger partial charge in [0.1, 0.15) is 0 Å². The van der Waals surface area contributed by atoms with Crippen molar-refractivity contribution in [3.8, 4) is 0 Å². The van der Waals surface area contributed by atoms with Crippen molar-refractivity contribution in [2.24, 2.45) is 0 Å². The Kier molecular flexibility index (Phi) is 2.53. The maximum absolute atomic E-state index is 12.0. The summed E-state index contributed by atoms with van der Waals surface area (Å²) in [7, 11) is -3.54. The lowest BCUT2D eigenvalue weighted by atomic mass is 10.3. The normalized spacial score (nSPS) is 12.9. The Morgan fingerprint density at radius 3 is 2.14 bits per heavy atom. The molecular formula is C7H6F3NO2S. The molecule has 0 atom stereocenters. The maximum Gasteiger partial charge on any atom is 0.417 e. The van der Waals surface area contributed by atoms with Crippen LogP contribution in [0.15, 0.2) is 23.4 Å². The highest BCUT2D eigenvalue weighted by molar-refractivity contribution is 7.90. The van der Waals surface area contributed by atoms with Gasteiger partial charge >= 0.3 is 6.18 Å². The zero-order chi connectivity index (χ0) is 11.0. The minimum Gasteiger partial charge on any atom is -0.244 e. The Morgan fingerprint density at radius 2 is 1.86 bits per heavy atom. The SMILES string of the molecule is CS(=O)(=O)c1ccc(C(F)(F)F)cn1. The lowest BCUT2D eigenvalue weighted by molar-refractivity contribution is -0.137. The van der Waals surface area contributed by atoms with E-state index < -0.39 is 21.6 Å². The second kappa shape index (κ2) is 3.23. The van der Waals surface area contributed by atoms with Gasteiger partial charge in [-0.25, -0.2) is 13.4 Å². The molecule has 78 valence electrons. The smallest absolute Gasteiger partial charge is 0.244 e. The van der Waals surface area contributed by atoms with E-state index in [1.165, 1.54) is 0 Å². The first kappa shape index (κ1) is 11.0. The zero-order valence-corrected chi connectivity index (χ0v) is 7.85. The van der Waals surface area contributed by atoms with Crippen LogP contribution in [0.2, 0.25) is 0 Å². The average Bonchev–Trinajstić information content (AvgIpc) is 2.01. The summed E-state index contributed by atoms with van der Waals surface area (Å²) in [6, 6.07) is 1.52. The molecule has 0 aliphatic carbocycles. The summed E-state index contributed by atoms with van der Waals surface area (Å²) in [5.41, 5.74) is -0.968. The number of aromatic nitrogens is 1. The third-order valence-corrected chi connectivity index (χ3v) is 2.44. The molecule has 1 aromatic rings. The van der Waals surface area contributed by atoms with Crippen molar-refractivity contribution >= 4 is 9.84 Å². The molecule has 3 nitrogen and oxygen atoms in total. The second-order valence-corrected chi connectivity index (χ2v) is 4.62. The van der Waals surface area contributed by atoms with Gasteiger partial charge < -0.3 is 0 Å². The van der Waals surface area contributed by atoms with E-state index in [1.807, 2.05) is 0 Å². The number of pyridine rings is 1. The Morgan fingerprint density at radius 1 is 1.29 bits per heavy atom. The molecule has 0 aliphatic heterocycles. The van der Waals surface area contributed by atoms with Gasteiger partial charge in [-0.15, -0.1) is 0 Å². The first-order chi connectivity index (χ1) is 6.21. The van der Waals surface area contributed by atoms with Crippen LogP contribution in [0.3, 0.4) is 0 Å². The number of sulfone groups is 1. The van der Waals surface area contributed by atoms with Gasteiger partial charge in [0.15, 0.2) is 14.9 Å². The number of hydrogen-bond donors (Lipinski definition) is 0. The molecule has 0 N–H and O–H groups in total. The van der Waals surface area contributed by atoms with Crippen LogP contribution < -0.4 is 0 Å². The van der Waals surface area contributed by atoms with Crippen LogP contribution in [0, 0.1) is 0 Å². The largest absolute Gasteiger partial charge is 0.417 e. The van der Waals surface area contributed by atoms with Gasteiger partial charge in [-0.05, 0) is 12.1 Å². The Bertz CT molecular complexity index is 421. The van der Waals surface area contributed by atoms with Gasteiger partial charge in [-0.2, -0.15) is 13.2 Å². The minimum atomic E-state index is -4.50. The number of alkyl halides is 3. The molecule has 0 spiro atoms. The molecule has 14 heavy (non-hydrogen) atoms. The summed E-state index contributed by atoms with van der Waals surface area (Å²) in [6.07, 6.45) is -3.12. The van der Waals surface area contributed by atoms with Crippen molar-refractivity contribution < 1.29 is 21.6 Å². The van der Waals surface area contributed by atoms with Crippen molar-refractivity contribution in [3.63, 3.8) is 0 Å². The maximum atomic E-state index is 12.0. The molecule has 0 amide bonds. The first-order valence-electron chi connectivity index (χ1n) is 3.44. The van der Waals surface area contributed by atoms with Crippen molar-refractivity contribution in [1.82, 2.24) is 4.98 Å². The van der Waals surface area contributed by atoms with E-state index in [0.29, 0.717) is 12.3 Å². The van der Waals surface area contributed by atoms with Crippen molar-refractivity contribution in [1.29, 1.82) is 0 Å². The van der Waals surface area contributed by atoms with Gasteiger partial charge in [-0.3, -0.25) is 0 Å². The quantitative estimate of drug-likeness (QED) is 0.727. The molecular weight excluding hydrogens is 219 g/mol. The molecule has 1 heterocycles. The highest BCUT2D eigenvalue weighted by Crippen LogP contribution is 2.28. The first-order valence-corrected chi connectivity index (χ1v) is 5.34. The van der Waals surface area contributed by atoms with Crippen LogP contribution in [0.5, 0.6) is 0 Å². The van der Waals surface area contributed by atoms with Crippen LogP contribution in [-0.2, 0) is 16.0 Å². The molecule has 0 radical (unpaired) electrons. The number of hydrogen-bond acceptors (Lipinski definition) is 3. The highest BCUT2D eigenvalue weighted by Gasteiger charge is 2.31. The Balaban J connectivity index is 3.14. The lowest BCUT2D eigenvalue weighted by Gasteiger charge is -2.05. The van der Waals surface area contributed by atoms with Crippen LogP contribution in [0.25, 0.3) is 0 Å². The molecule has 1 aromatic heterocycles. The predicted molar refractivity (Wildman–Crippen MR) is 42.3 cm³/mol. The molecule has 0 aliphatic rings. The summed E-state index contributed by atoms with van der Waals surface area (Å²) >= 11 is 0. The molecule has 0 bridgehead atoms. The highest BCUT2D eigenvalue weighted by atomic mass is 32.2. The van der Waals surface area contributed by atoms with Crippen LogP contribution in [0.4, 0.5) is 13.2 Å². The average molecular weight is 225 g/mol. The number of nitrogens with zero attached hydrogens (tertiary/aromatic N) is 1. The molecule has 0 unspecified atom stereocenters. The van der Waals surface area contributed by atoms with E-state index in [1.54, 1.807) is 0 Å². The lowest BCUT2D eigenvalue weighted by Crippen LogP contribution is -2.07. The Hall–Kier alpha value is -1.11. The van der Waals surface area contributed by atoms with Gasteiger partial charge in [0.25, 0.3) is 0 Å². The monoisotopic (exact) mass is 225 g/mol. The Labute approximate surface area is 78.5 Å². The molecule has 0 saturated heterocycles. The summed E-state index contributed by atoms with van der Waals surface area (Å²) in [5, 5.41) is -0.370. The van der Waals surface area contributed by atoms with Crippen LogP contribution in [-0.4, -0.2) is 19.7 Å². The van der Waals surface area contributed by atoms with Crippen molar-refractivity contribution in [2.45, 2.75) is 11.2 Å². The second-order valence-electron chi connectivity index (χ2n) is 2.66. The van der Waals surface area contributed by atoms with Gasteiger partial charge in [0.05, 0.1) is 5.56 Å². The summed E-state index contributed by atoms with van der Waals surface area (Å²) in [6.45, 7) is 0. The van der Waals surface area contributed by atoms with Crippen LogP contribution >= 0.6 is 0 Å². The van der Waals surface area contributed by atoms with E-state index in [-0.39, 0.29) is 5.03 Å². The number of halogens is 3. The fourth-order valence-electron chi connectivity index (χ4n) is 0.767. The third-order valence-electron chi connectivity index (χ3n) is 1.44. The molecule has 0 aromatic carbocycles. The third kappa shape index (κ3) is 2.44. The minimum absolute atomic E-state index is 0.370. The topological polar surface area (TPSA) is 47.0 Å². The summed E-state index contributed by atoms with van der Waals surface area (Å²) < 4.78 is 57.8. The van der Waals surface area contributed by atoms with Crippen molar-refractivity contribution in [2.75, 3.05) is 6.26 Å². The van der Waals surface area contributed by atoms with Crippen molar-refractivity contribution in [3.05, 3.63) is 23.9 Å². The molecule has 0 fully saturated rings. The molecule has 7 heteroatoms. The van der Waals surface area contributed by atoms with Gasteiger partial charge in [0, 0.05) is 12.5 Å². The molecule has 0 saturated carbocycles. The predicted octanol–water partition coefficient (Wildman–Crippen LogP) is 1.50. The van der Waals surface area contributed by atoms with Gasteiger partial charge in [-0.1, -0.05) is 0 Å². The fraction of sp³-hybridized carbons (Fsp3) is 0.286. The number of rotatable bonds is 1. The fourth-order valence-corrected chi connectivity index (χ4v) is 1.33. The van der Waals surface area contributed by atoms with E-state index in [2.05, 4.69) is 4.98 Å². The van der Waals surface area contributed by atoms with E-state index >= 15 is 0 Å². The zero-order valence-electron chi connectivity index (χ0n) is 7.04. The van der Waals surface area contributed by atoms with E-state index in [4.69, 9.17) is 0 Å².